The summed E-state index contributed by atoms with van der Waals surface area (Å²) in [7, 11) is -3.87. The van der Waals surface area contributed by atoms with E-state index in [1.54, 1.807) is 12.1 Å². The van der Waals surface area contributed by atoms with Gasteiger partial charge in [0.2, 0.25) is 5.91 Å². The van der Waals surface area contributed by atoms with Gasteiger partial charge in [-0.1, -0.05) is 86.5 Å². The summed E-state index contributed by atoms with van der Waals surface area (Å²) >= 11 is 0. The summed E-state index contributed by atoms with van der Waals surface area (Å²) in [6.45, 7) is 6.70. The molecule has 218 valence electrons. The second-order valence-electron chi connectivity index (χ2n) is 10.9. The Bertz CT molecular complexity index is 1410. The third kappa shape index (κ3) is 7.95. The standard InChI is InChI=1S/C32H39N3O5S/c1-23(2)21-35(34-41(38,39)25-18-16-24(3)17-19-25)31(36)15-5-4-10-20-33-32(37)40-22-30-28-13-8-6-11-26(28)27-12-7-9-14-29(27)30/h6-9,11-14,16-19,23,30,34H,4-5,10,15,20-22H2,1-3H3,(H,33,37). The molecule has 0 aromatic heterocycles. The summed E-state index contributed by atoms with van der Waals surface area (Å²) in [5, 5.41) is 4.00. The predicted molar refractivity (Wildman–Crippen MR) is 160 cm³/mol. The van der Waals surface area contributed by atoms with E-state index >= 15 is 0 Å². The van der Waals surface area contributed by atoms with Crippen molar-refractivity contribution < 1.29 is 22.7 Å². The molecule has 3 aromatic carbocycles. The quantitative estimate of drug-likeness (QED) is 0.198. The van der Waals surface area contributed by atoms with Crippen LogP contribution in [0.1, 0.15) is 62.1 Å². The van der Waals surface area contributed by atoms with E-state index in [4.69, 9.17) is 4.74 Å². The molecule has 0 bridgehead atoms. The van der Waals surface area contributed by atoms with Gasteiger partial charge in [0, 0.05) is 25.4 Å². The van der Waals surface area contributed by atoms with Crippen LogP contribution in [0.3, 0.4) is 0 Å². The molecule has 4 rings (SSSR count). The van der Waals surface area contributed by atoms with Crippen LogP contribution >= 0.6 is 0 Å². The van der Waals surface area contributed by atoms with E-state index in [0.717, 1.165) is 5.56 Å². The fourth-order valence-electron chi connectivity index (χ4n) is 5.02. The first-order valence-corrected chi connectivity index (χ1v) is 15.6. The Hall–Kier alpha value is -3.69. The lowest BCUT2D eigenvalue weighted by molar-refractivity contribution is -0.133. The third-order valence-corrected chi connectivity index (χ3v) is 8.44. The number of hydrogen-bond donors (Lipinski definition) is 2. The number of aryl methyl sites for hydroxylation is 1. The number of rotatable bonds is 13. The molecule has 1 aliphatic carbocycles. The number of carbonyl (C=O) groups is 2. The number of sulfonamides is 1. The zero-order valence-electron chi connectivity index (χ0n) is 23.9. The van der Waals surface area contributed by atoms with Gasteiger partial charge in [-0.05, 0) is 60.1 Å². The Morgan fingerprint density at radius 3 is 2.10 bits per heavy atom. The highest BCUT2D eigenvalue weighted by Crippen LogP contribution is 2.44. The van der Waals surface area contributed by atoms with Gasteiger partial charge in [0.05, 0.1) is 4.90 Å². The number of fused-ring (bicyclic) bond motifs is 3. The Morgan fingerprint density at radius 2 is 1.49 bits per heavy atom. The van der Waals surface area contributed by atoms with Crippen LogP contribution in [0.2, 0.25) is 0 Å². The number of unbranched alkanes of at least 4 members (excludes halogenated alkanes) is 2. The molecule has 0 atom stereocenters. The third-order valence-electron chi connectivity index (χ3n) is 7.09. The van der Waals surface area contributed by atoms with Gasteiger partial charge in [0.25, 0.3) is 10.0 Å². The SMILES string of the molecule is Cc1ccc(S(=O)(=O)NN(CC(C)C)C(=O)CCCCCNC(=O)OCC2c3ccccc3-c3ccccc32)cc1. The zero-order chi connectivity index (χ0) is 29.4. The maximum absolute atomic E-state index is 12.9. The first kappa shape index (κ1) is 30.3. The molecule has 0 fully saturated rings. The molecule has 0 saturated carbocycles. The van der Waals surface area contributed by atoms with Crippen LogP contribution < -0.4 is 10.1 Å². The second kappa shape index (κ2) is 13.8. The number of hydrazine groups is 1. The highest BCUT2D eigenvalue weighted by Gasteiger charge is 2.29. The molecular weight excluding hydrogens is 538 g/mol. The molecule has 0 radical (unpaired) electrons. The van der Waals surface area contributed by atoms with Crippen molar-refractivity contribution in [2.75, 3.05) is 19.7 Å². The minimum Gasteiger partial charge on any atom is -0.449 e. The predicted octanol–water partition coefficient (Wildman–Crippen LogP) is 5.77. The summed E-state index contributed by atoms with van der Waals surface area (Å²) in [6, 6.07) is 22.9. The highest BCUT2D eigenvalue weighted by atomic mass is 32.2. The molecule has 0 aliphatic heterocycles. The van der Waals surface area contributed by atoms with Gasteiger partial charge < -0.3 is 10.1 Å². The molecule has 8 nitrogen and oxygen atoms in total. The van der Waals surface area contributed by atoms with Crippen LogP contribution in [0.5, 0.6) is 0 Å². The number of ether oxygens (including phenoxy) is 1. The van der Waals surface area contributed by atoms with Crippen molar-refractivity contribution in [2.24, 2.45) is 5.92 Å². The minimum atomic E-state index is -3.87. The fourth-order valence-corrected chi connectivity index (χ4v) is 6.09. The first-order valence-electron chi connectivity index (χ1n) is 14.1. The van der Waals surface area contributed by atoms with Gasteiger partial charge in [0.15, 0.2) is 0 Å². The van der Waals surface area contributed by atoms with Crippen molar-refractivity contribution in [2.45, 2.75) is 57.3 Å². The molecule has 3 aromatic rings. The van der Waals surface area contributed by atoms with E-state index in [9.17, 15) is 18.0 Å². The molecule has 41 heavy (non-hydrogen) atoms. The summed E-state index contributed by atoms with van der Waals surface area (Å²) in [5.74, 6) is -0.184. The van der Waals surface area contributed by atoms with Crippen LogP contribution in [0, 0.1) is 12.8 Å². The second-order valence-corrected chi connectivity index (χ2v) is 12.5. The van der Waals surface area contributed by atoms with Gasteiger partial charge in [-0.2, -0.15) is 0 Å². The van der Waals surface area contributed by atoms with Gasteiger partial charge in [-0.15, -0.1) is 4.83 Å². The maximum atomic E-state index is 12.9. The van der Waals surface area contributed by atoms with Crippen molar-refractivity contribution >= 4 is 22.0 Å². The van der Waals surface area contributed by atoms with Crippen LogP contribution in [0.4, 0.5) is 4.79 Å². The van der Waals surface area contributed by atoms with Crippen molar-refractivity contribution in [1.82, 2.24) is 15.2 Å². The molecule has 2 amide bonds. The number of amides is 2. The van der Waals surface area contributed by atoms with Crippen molar-refractivity contribution in [3.63, 3.8) is 0 Å². The average molecular weight is 578 g/mol. The highest BCUT2D eigenvalue weighted by molar-refractivity contribution is 7.89. The molecule has 0 spiro atoms. The molecule has 0 saturated heterocycles. The Morgan fingerprint density at radius 1 is 0.878 bits per heavy atom. The normalized spacial score (nSPS) is 12.6. The molecule has 0 heterocycles. The van der Waals surface area contributed by atoms with Gasteiger partial charge >= 0.3 is 6.09 Å². The minimum absolute atomic E-state index is 0.0105. The molecule has 0 unspecified atom stereocenters. The Labute approximate surface area is 243 Å². The molecule has 9 heteroatoms. The lowest BCUT2D eigenvalue weighted by Gasteiger charge is -2.25. The van der Waals surface area contributed by atoms with Gasteiger partial charge in [0.1, 0.15) is 6.61 Å². The van der Waals surface area contributed by atoms with Crippen LogP contribution in [0.25, 0.3) is 11.1 Å². The van der Waals surface area contributed by atoms with Gasteiger partial charge in [-0.25, -0.2) is 13.2 Å². The van der Waals surface area contributed by atoms with Crippen molar-refractivity contribution in [3.05, 3.63) is 89.5 Å². The van der Waals surface area contributed by atoms with Crippen LogP contribution in [0.15, 0.2) is 77.7 Å². The molecule has 2 N–H and O–H groups in total. The smallest absolute Gasteiger partial charge is 0.407 e. The number of carbonyl (C=O) groups excluding carboxylic acids is 2. The number of nitrogens with zero attached hydrogens (tertiary/aromatic N) is 1. The van der Waals surface area contributed by atoms with Crippen molar-refractivity contribution in [3.8, 4) is 11.1 Å². The summed E-state index contributed by atoms with van der Waals surface area (Å²) < 4.78 is 31.2. The Kier molecular flexibility index (Phi) is 10.2. The van der Waals surface area contributed by atoms with E-state index < -0.39 is 16.1 Å². The van der Waals surface area contributed by atoms with E-state index in [-0.39, 0.29) is 42.2 Å². The summed E-state index contributed by atoms with van der Waals surface area (Å²) in [5.41, 5.74) is 5.65. The largest absolute Gasteiger partial charge is 0.449 e. The molecule has 1 aliphatic rings. The van der Waals surface area contributed by atoms with E-state index in [2.05, 4.69) is 34.4 Å². The fraction of sp³-hybridized carbons (Fsp3) is 0.375. The molecular formula is C32H39N3O5S. The lowest BCUT2D eigenvalue weighted by Crippen LogP contribution is -2.47. The monoisotopic (exact) mass is 577 g/mol. The Balaban J connectivity index is 1.18. The lowest BCUT2D eigenvalue weighted by atomic mass is 9.98. The summed E-state index contributed by atoms with van der Waals surface area (Å²) in [6.07, 6.45) is 1.70. The zero-order valence-corrected chi connectivity index (χ0v) is 24.7. The summed E-state index contributed by atoms with van der Waals surface area (Å²) in [4.78, 5) is 27.8. The number of benzene rings is 3. The topological polar surface area (TPSA) is 105 Å². The average Bonchev–Trinajstić information content (AvgIpc) is 3.26. The van der Waals surface area contributed by atoms with Crippen molar-refractivity contribution in [1.29, 1.82) is 0 Å². The number of alkyl carbamates (subject to hydrolysis) is 1. The van der Waals surface area contributed by atoms with Crippen LogP contribution in [-0.4, -0.2) is 45.1 Å². The van der Waals surface area contributed by atoms with E-state index in [1.807, 2.05) is 45.0 Å². The van der Waals surface area contributed by atoms with Crippen LogP contribution in [-0.2, 0) is 19.6 Å². The van der Waals surface area contributed by atoms with E-state index in [0.29, 0.717) is 25.8 Å². The van der Waals surface area contributed by atoms with E-state index in [1.165, 1.54) is 39.4 Å². The maximum Gasteiger partial charge on any atom is 0.407 e. The number of hydrogen-bond acceptors (Lipinski definition) is 5. The number of nitrogens with one attached hydrogen (secondary N) is 2. The first-order chi connectivity index (χ1) is 19.7. The van der Waals surface area contributed by atoms with Gasteiger partial charge in [-0.3, -0.25) is 9.80 Å².